The van der Waals surface area contributed by atoms with Crippen molar-refractivity contribution in [3.8, 4) is 0 Å². The topological polar surface area (TPSA) is 131 Å². The van der Waals surface area contributed by atoms with E-state index in [-0.39, 0.29) is 17.5 Å². The Labute approximate surface area is 239 Å². The molecule has 0 unspecified atom stereocenters. The average Bonchev–Trinajstić information content (AvgIpc) is 3.19. The number of carbonyl (C=O) groups is 1. The van der Waals surface area contributed by atoms with Gasteiger partial charge >= 0.3 is 6.03 Å². The molecule has 11 heteroatoms. The largest absolute Gasteiger partial charge is 0.388 e. The van der Waals surface area contributed by atoms with Gasteiger partial charge in [-0.15, -0.1) is 0 Å². The van der Waals surface area contributed by atoms with Crippen molar-refractivity contribution < 1.29 is 14.6 Å². The molecule has 214 valence electrons. The molecule has 5 N–H and O–H groups in total. The van der Waals surface area contributed by atoms with Crippen molar-refractivity contribution in [2.45, 2.75) is 71.2 Å². The molecule has 1 aromatic carbocycles. The molecule has 0 radical (unpaired) electrons. The number of nitrogens with two attached hydrogens (primary N) is 1. The highest BCUT2D eigenvalue weighted by molar-refractivity contribution is 9.10. The zero-order valence-electron chi connectivity index (χ0n) is 23.7. The number of nitrogens with one attached hydrogen (secondary N) is 2. The average molecular weight is 605 g/mol. The summed E-state index contributed by atoms with van der Waals surface area (Å²) in [6.07, 6.45) is 2.82. The Morgan fingerprint density at radius 3 is 2.54 bits per heavy atom. The summed E-state index contributed by atoms with van der Waals surface area (Å²) in [5.74, 6) is 0.384. The molecular weight excluding hydrogens is 562 g/mol. The third kappa shape index (κ3) is 8.38. The van der Waals surface area contributed by atoms with E-state index in [4.69, 9.17) is 10.5 Å². The molecule has 0 saturated heterocycles. The lowest BCUT2D eigenvalue weighted by Crippen LogP contribution is -2.45. The van der Waals surface area contributed by atoms with Gasteiger partial charge in [-0.1, -0.05) is 32.9 Å². The van der Waals surface area contributed by atoms with Gasteiger partial charge in [-0.2, -0.15) is 0 Å². The molecule has 0 saturated carbocycles. The van der Waals surface area contributed by atoms with Gasteiger partial charge in [0.2, 0.25) is 0 Å². The lowest BCUT2D eigenvalue weighted by atomic mass is 9.87. The Kier molecular flexibility index (Phi) is 10.7. The molecule has 10 nitrogen and oxygen atoms in total. The van der Waals surface area contributed by atoms with E-state index in [0.717, 1.165) is 28.5 Å². The first kappa shape index (κ1) is 30.8. The Morgan fingerprint density at radius 1 is 1.23 bits per heavy atom. The van der Waals surface area contributed by atoms with Gasteiger partial charge in [-0.3, -0.25) is 4.90 Å². The van der Waals surface area contributed by atoms with Crippen molar-refractivity contribution in [3.63, 3.8) is 0 Å². The smallest absolute Gasteiger partial charge is 0.319 e. The van der Waals surface area contributed by atoms with Crippen molar-refractivity contribution >= 4 is 44.5 Å². The van der Waals surface area contributed by atoms with Crippen LogP contribution >= 0.6 is 15.9 Å². The van der Waals surface area contributed by atoms with Gasteiger partial charge in [0.1, 0.15) is 17.8 Å². The normalized spacial score (nSPS) is 13.7. The predicted molar refractivity (Wildman–Crippen MR) is 160 cm³/mol. The molecule has 0 fully saturated rings. The minimum absolute atomic E-state index is 0.0677. The van der Waals surface area contributed by atoms with Crippen LogP contribution in [0.15, 0.2) is 41.3 Å². The van der Waals surface area contributed by atoms with Gasteiger partial charge in [0.05, 0.1) is 24.1 Å². The molecule has 0 aliphatic carbocycles. The summed E-state index contributed by atoms with van der Waals surface area (Å²) in [5.41, 5.74) is 8.70. The number of amides is 2. The number of urea groups is 1. The number of hydrogen-bond acceptors (Lipinski definition) is 7. The first-order valence-electron chi connectivity index (χ1n) is 13.3. The lowest BCUT2D eigenvalue weighted by molar-refractivity contribution is -0.0407. The first-order valence-corrected chi connectivity index (χ1v) is 14.0. The Hall–Kier alpha value is -2.73. The maximum atomic E-state index is 12.4. The van der Waals surface area contributed by atoms with Gasteiger partial charge in [-0.25, -0.2) is 14.8 Å². The molecule has 2 aromatic heterocycles. The molecule has 0 spiro atoms. The van der Waals surface area contributed by atoms with Crippen LogP contribution < -0.4 is 16.4 Å². The summed E-state index contributed by atoms with van der Waals surface area (Å²) in [6, 6.07) is 7.94. The van der Waals surface area contributed by atoms with Crippen LogP contribution in [-0.2, 0) is 16.7 Å². The summed E-state index contributed by atoms with van der Waals surface area (Å²) in [6.45, 7) is 12.8. The van der Waals surface area contributed by atoms with Crippen molar-refractivity contribution in [2.75, 3.05) is 37.8 Å². The molecule has 2 amide bonds. The number of benzene rings is 1. The number of anilines is 2. The number of carbonyl (C=O) groups excluding carboxylic acids is 1. The molecule has 0 bridgehead atoms. The van der Waals surface area contributed by atoms with Crippen molar-refractivity contribution in [1.82, 2.24) is 24.8 Å². The van der Waals surface area contributed by atoms with Crippen LogP contribution in [0.2, 0.25) is 0 Å². The number of aromatic nitrogens is 3. The number of fused-ring (bicyclic) bond motifs is 1. The van der Waals surface area contributed by atoms with Gasteiger partial charge in [0, 0.05) is 49.1 Å². The molecule has 0 aliphatic rings. The molecule has 0 aliphatic heterocycles. The quantitative estimate of drug-likeness (QED) is 0.226. The molecular formula is C28H42BrN7O3. The van der Waals surface area contributed by atoms with Gasteiger partial charge < -0.3 is 30.8 Å². The van der Waals surface area contributed by atoms with Crippen LogP contribution in [0.4, 0.5) is 16.3 Å². The Balaban J connectivity index is 1.49. The SMILES string of the molecule is CO[C@H](CN(CCCNC(=O)Nc1ccc(C(C)(C)C)cc1)C(C)C)[C@@H](O)Cn1cc(Br)c2c(N)ncnc21. The third-order valence-electron chi connectivity index (χ3n) is 6.81. The van der Waals surface area contributed by atoms with E-state index >= 15 is 0 Å². The minimum atomic E-state index is -0.775. The van der Waals surface area contributed by atoms with Crippen molar-refractivity contribution in [3.05, 3.63) is 46.8 Å². The van der Waals surface area contributed by atoms with E-state index in [2.05, 4.69) is 76.1 Å². The number of nitrogen functional groups attached to an aromatic ring is 1. The van der Waals surface area contributed by atoms with Crippen LogP contribution in [0.3, 0.4) is 0 Å². The molecule has 3 aromatic rings. The maximum Gasteiger partial charge on any atom is 0.319 e. The van der Waals surface area contributed by atoms with E-state index in [1.54, 1.807) is 7.11 Å². The zero-order valence-corrected chi connectivity index (χ0v) is 25.3. The fourth-order valence-electron chi connectivity index (χ4n) is 4.41. The number of nitrogens with zero attached hydrogens (tertiary/aromatic N) is 4. The number of aliphatic hydroxyl groups is 1. The highest BCUT2D eigenvalue weighted by Crippen LogP contribution is 2.28. The van der Waals surface area contributed by atoms with E-state index in [0.29, 0.717) is 31.1 Å². The van der Waals surface area contributed by atoms with E-state index in [1.165, 1.54) is 11.9 Å². The van der Waals surface area contributed by atoms with Crippen molar-refractivity contribution in [2.24, 2.45) is 0 Å². The molecule has 3 rings (SSSR count). The van der Waals surface area contributed by atoms with Gasteiger partial charge in [-0.05, 0) is 59.3 Å². The highest BCUT2D eigenvalue weighted by atomic mass is 79.9. The highest BCUT2D eigenvalue weighted by Gasteiger charge is 2.25. The fourth-order valence-corrected chi connectivity index (χ4v) is 5.04. The van der Waals surface area contributed by atoms with Crippen LogP contribution in [0.5, 0.6) is 0 Å². The van der Waals surface area contributed by atoms with Crippen molar-refractivity contribution in [1.29, 1.82) is 0 Å². The number of methoxy groups -OCH3 is 1. The van der Waals surface area contributed by atoms with E-state index < -0.39 is 12.2 Å². The van der Waals surface area contributed by atoms with Gasteiger partial charge in [0.25, 0.3) is 0 Å². The van der Waals surface area contributed by atoms with E-state index in [9.17, 15) is 9.90 Å². The molecule has 2 heterocycles. The van der Waals surface area contributed by atoms with Crippen LogP contribution in [0.25, 0.3) is 11.0 Å². The second-order valence-corrected chi connectivity index (χ2v) is 11.9. The number of halogens is 1. The van der Waals surface area contributed by atoms with Crippen LogP contribution in [0, 0.1) is 0 Å². The summed E-state index contributed by atoms with van der Waals surface area (Å²) < 4.78 is 8.32. The Bertz CT molecular complexity index is 1220. The second kappa shape index (κ2) is 13.6. The number of ether oxygens (including phenoxy) is 1. The second-order valence-electron chi connectivity index (χ2n) is 11.1. The monoisotopic (exact) mass is 603 g/mol. The summed E-state index contributed by atoms with van der Waals surface area (Å²) in [7, 11) is 1.61. The zero-order chi connectivity index (χ0) is 28.7. The summed E-state index contributed by atoms with van der Waals surface area (Å²) in [5, 5.41) is 17.6. The summed E-state index contributed by atoms with van der Waals surface area (Å²) in [4.78, 5) is 23.0. The predicted octanol–water partition coefficient (Wildman–Crippen LogP) is 4.37. The number of aliphatic hydroxyl groups excluding tert-OH is 1. The standard InChI is InChI=1S/C28H42BrN7O3/c1-18(2)35(13-7-12-31-27(38)34-20-10-8-19(9-11-20)28(3,4)5)16-23(39-6)22(37)15-36-14-21(29)24-25(30)32-17-33-26(24)36/h8-11,14,17-18,22-23,37H,7,12-13,15-16H2,1-6H3,(H2,30,32,33)(H2,31,34,38)/t22-,23+/m0/s1. The molecule has 2 atom stereocenters. The Morgan fingerprint density at radius 2 is 1.92 bits per heavy atom. The third-order valence-corrected chi connectivity index (χ3v) is 7.41. The maximum absolute atomic E-state index is 12.4. The summed E-state index contributed by atoms with van der Waals surface area (Å²) >= 11 is 3.51. The fraction of sp³-hybridized carbons (Fsp3) is 0.536. The minimum Gasteiger partial charge on any atom is -0.388 e. The first-order chi connectivity index (χ1) is 18.4. The van der Waals surface area contributed by atoms with Crippen LogP contribution in [-0.4, -0.2) is 75.6 Å². The van der Waals surface area contributed by atoms with E-state index in [1.807, 2.05) is 35.0 Å². The number of rotatable bonds is 12. The van der Waals surface area contributed by atoms with Crippen LogP contribution in [0.1, 0.15) is 46.6 Å². The van der Waals surface area contributed by atoms with Gasteiger partial charge in [0.15, 0.2) is 0 Å². The molecule has 39 heavy (non-hydrogen) atoms. The lowest BCUT2D eigenvalue weighted by Gasteiger charge is -2.32. The number of hydrogen-bond donors (Lipinski definition) is 4.